The molecular formula is C59H76ClN17O4. The Morgan fingerprint density at radius 1 is 0.543 bits per heavy atom. The summed E-state index contributed by atoms with van der Waals surface area (Å²) in [6, 6.07) is 12.3. The molecule has 3 aliphatic carbocycles. The van der Waals surface area contributed by atoms with Gasteiger partial charge >= 0.3 is 12.2 Å². The Morgan fingerprint density at radius 2 is 1.00 bits per heavy atom. The van der Waals surface area contributed by atoms with Crippen molar-refractivity contribution in [2.45, 2.75) is 161 Å². The first-order valence-corrected chi connectivity index (χ1v) is 29.3. The highest BCUT2D eigenvalue weighted by Gasteiger charge is 2.27. The topological polar surface area (TPSA) is 243 Å². The molecule has 22 heteroatoms. The number of hydrogen-bond acceptors (Lipinski definition) is 17. The van der Waals surface area contributed by atoms with Crippen LogP contribution in [0.25, 0.3) is 43.9 Å². The molecule has 0 unspecified atom stereocenters. The summed E-state index contributed by atoms with van der Waals surface area (Å²) >= 11 is 5.79. The number of nitrogens with one attached hydrogen (secondary N) is 4. The van der Waals surface area contributed by atoms with Gasteiger partial charge in [-0.2, -0.15) is 9.97 Å². The van der Waals surface area contributed by atoms with Gasteiger partial charge < -0.3 is 44.8 Å². The maximum absolute atomic E-state index is 12.0. The molecule has 2 amide bonds. The van der Waals surface area contributed by atoms with Gasteiger partial charge in [0, 0.05) is 84.6 Å². The highest BCUT2D eigenvalue weighted by Crippen LogP contribution is 2.39. The molecule has 0 radical (unpaired) electrons. The summed E-state index contributed by atoms with van der Waals surface area (Å²) in [4.78, 5) is 53.0. The average molecular weight is 1120 g/mol. The highest BCUT2D eigenvalue weighted by atomic mass is 35.5. The maximum atomic E-state index is 12.0. The zero-order chi connectivity index (χ0) is 56.5. The first-order chi connectivity index (χ1) is 39.1. The van der Waals surface area contributed by atoms with E-state index in [9.17, 15) is 9.59 Å². The van der Waals surface area contributed by atoms with Crippen molar-refractivity contribution in [3.63, 3.8) is 0 Å². The first-order valence-electron chi connectivity index (χ1n) is 28.9. The molecule has 1 saturated heterocycles. The molecular weight excluding hydrogens is 1050 g/mol. The summed E-state index contributed by atoms with van der Waals surface area (Å²) < 4.78 is 15.2. The van der Waals surface area contributed by atoms with Crippen LogP contribution in [0.1, 0.15) is 150 Å². The number of halogens is 1. The smallest absolute Gasteiger partial charge is 0.407 e. The molecule has 3 saturated carbocycles. The van der Waals surface area contributed by atoms with Gasteiger partial charge in [0.2, 0.25) is 11.9 Å². The number of amides is 2. The zero-order valence-electron chi connectivity index (χ0n) is 47.5. The number of ether oxygens (including phenoxy) is 2. The molecule has 8 aromatic heterocycles. The molecule has 8 aromatic rings. The number of alkyl carbamates (subject to hydrolysis) is 2. The van der Waals surface area contributed by atoms with E-state index in [-0.39, 0.29) is 12.2 Å². The summed E-state index contributed by atoms with van der Waals surface area (Å²) in [6.07, 6.45) is 28.6. The van der Waals surface area contributed by atoms with Crippen LogP contribution in [-0.4, -0.2) is 109 Å². The summed E-state index contributed by atoms with van der Waals surface area (Å²) in [6.45, 7) is 14.4. The van der Waals surface area contributed by atoms with Crippen LogP contribution in [0.5, 0.6) is 0 Å². The van der Waals surface area contributed by atoms with Crippen molar-refractivity contribution in [3.05, 3.63) is 78.7 Å². The Kier molecular flexibility index (Phi) is 17.8. The molecule has 21 nitrogen and oxygen atoms in total. The molecule has 4 N–H and O–H groups in total. The van der Waals surface area contributed by atoms with Gasteiger partial charge in [0.05, 0.1) is 23.4 Å². The maximum Gasteiger partial charge on any atom is 0.407 e. The van der Waals surface area contributed by atoms with Crippen molar-refractivity contribution in [1.82, 2.24) is 70.1 Å². The summed E-state index contributed by atoms with van der Waals surface area (Å²) in [5.41, 5.74) is 3.22. The quantitative estimate of drug-likeness (QED) is 0.0941. The van der Waals surface area contributed by atoms with Crippen LogP contribution in [-0.2, 0) is 9.47 Å². The number of fused-ring (bicyclic) bond motifs is 6. The Labute approximate surface area is 477 Å². The van der Waals surface area contributed by atoms with Gasteiger partial charge in [0.15, 0.2) is 22.6 Å². The van der Waals surface area contributed by atoms with Crippen molar-refractivity contribution < 1.29 is 19.1 Å². The second kappa shape index (κ2) is 25.5. The van der Waals surface area contributed by atoms with Crippen molar-refractivity contribution >= 4 is 97.0 Å². The van der Waals surface area contributed by atoms with E-state index in [0.717, 1.165) is 95.0 Å². The van der Waals surface area contributed by atoms with Crippen molar-refractivity contribution in [2.24, 2.45) is 11.8 Å². The lowest BCUT2D eigenvalue weighted by atomic mass is 9.89. The summed E-state index contributed by atoms with van der Waals surface area (Å²) in [7, 11) is 0. The lowest BCUT2D eigenvalue weighted by Crippen LogP contribution is -2.40. The molecule has 4 fully saturated rings. The van der Waals surface area contributed by atoms with E-state index in [2.05, 4.69) is 75.6 Å². The van der Waals surface area contributed by atoms with Crippen LogP contribution in [0.15, 0.2) is 73.6 Å². The molecule has 0 spiro atoms. The lowest BCUT2D eigenvalue weighted by molar-refractivity contribution is 0.0504. The fourth-order valence-corrected chi connectivity index (χ4v) is 11.6. The second-order valence-corrected chi connectivity index (χ2v) is 24.1. The Bertz CT molecular complexity index is 3390. The van der Waals surface area contributed by atoms with Gasteiger partial charge in [0.1, 0.15) is 22.5 Å². The van der Waals surface area contributed by atoms with Crippen LogP contribution in [0.2, 0.25) is 5.15 Å². The Balaban J connectivity index is 0.000000153. The number of nitrogens with zero attached hydrogens (tertiary/aromatic N) is 13. The van der Waals surface area contributed by atoms with Gasteiger partial charge in [-0.3, -0.25) is 9.97 Å². The van der Waals surface area contributed by atoms with E-state index in [1.54, 1.807) is 12.1 Å². The molecule has 12 rings (SSSR count). The minimum absolute atomic E-state index is 0.284. The Morgan fingerprint density at radius 3 is 1.44 bits per heavy atom. The summed E-state index contributed by atoms with van der Waals surface area (Å²) in [5, 5.41) is 33.5. The molecule has 81 heavy (non-hydrogen) atoms. The van der Waals surface area contributed by atoms with Gasteiger partial charge in [-0.15, -0.1) is 20.4 Å². The first kappa shape index (κ1) is 56.7. The van der Waals surface area contributed by atoms with Crippen molar-refractivity contribution in [3.8, 4) is 0 Å². The number of hydrogen-bond donors (Lipinski definition) is 4. The van der Waals surface area contributed by atoms with Crippen molar-refractivity contribution in [2.75, 3.05) is 41.7 Å². The van der Waals surface area contributed by atoms with E-state index in [0.29, 0.717) is 59.1 Å². The zero-order valence-corrected chi connectivity index (χ0v) is 48.3. The molecule has 0 aromatic carbocycles. The minimum Gasteiger partial charge on any atom is -0.444 e. The van der Waals surface area contributed by atoms with Gasteiger partial charge in [-0.05, 0) is 141 Å². The fourth-order valence-electron chi connectivity index (χ4n) is 11.5. The molecule has 9 heterocycles. The van der Waals surface area contributed by atoms with E-state index in [4.69, 9.17) is 31.0 Å². The third-order valence-electron chi connectivity index (χ3n) is 15.4. The predicted molar refractivity (Wildman–Crippen MR) is 316 cm³/mol. The highest BCUT2D eigenvalue weighted by molar-refractivity contribution is 6.29. The third-order valence-corrected chi connectivity index (χ3v) is 15.6. The fraction of sp³-hybridized carbons (Fsp3) is 0.525. The minimum atomic E-state index is -0.487. The molecule has 4 aliphatic rings. The average Bonchev–Trinajstić information content (AvgIpc) is 4.48. The van der Waals surface area contributed by atoms with Crippen LogP contribution < -0.4 is 26.2 Å². The molecule has 1 aliphatic heterocycles. The van der Waals surface area contributed by atoms with E-state index < -0.39 is 11.2 Å². The lowest BCUT2D eigenvalue weighted by Gasteiger charge is -2.32. The standard InChI is InChI=1S/C29H37N9O2.C18H16ClN7.C12H23NO2/c1-29(2,3)40-28(39)32-16-19-11-14-37(15-12-19)25-9-8-24(35-36-25)33-27-31-17-22-21-10-13-30-18-23(21)38(26(22)34-27)20-6-4-5-7-20;19-15-5-6-16(25-24-15)22-18-21-9-13-12-7-8-20-10-14(12)26(17(13)23-18)11-3-1-2-4-11;1-12(2,3)15-11(14)13-9-10-7-5-4-6-8-10/h8-10,13,17-20H,4-7,11-12,14-16H2,1-3H3,(H,32,39)(H,31,33,34,35);5-11H,1-4H2,(H,21,22,23,25);10H,4-9H2,1-3H3,(H,13,14). The normalized spacial score (nSPS) is 16.7. The number of aromatic nitrogens is 12. The summed E-state index contributed by atoms with van der Waals surface area (Å²) in [5.74, 6) is 4.07. The predicted octanol–water partition coefficient (Wildman–Crippen LogP) is 12.7. The van der Waals surface area contributed by atoms with Gasteiger partial charge in [0.25, 0.3) is 0 Å². The Hall–Kier alpha value is -7.55. The third kappa shape index (κ3) is 14.7. The molecule has 428 valence electrons. The van der Waals surface area contributed by atoms with Crippen LogP contribution in [0.3, 0.4) is 0 Å². The second-order valence-electron chi connectivity index (χ2n) is 23.7. The largest absolute Gasteiger partial charge is 0.444 e. The monoisotopic (exact) mass is 1120 g/mol. The van der Waals surface area contributed by atoms with E-state index in [1.807, 2.05) is 103 Å². The molecule has 0 bridgehead atoms. The van der Waals surface area contributed by atoms with Crippen molar-refractivity contribution in [1.29, 1.82) is 0 Å². The van der Waals surface area contributed by atoms with Crippen LogP contribution in [0.4, 0.5) is 38.9 Å². The number of rotatable bonds is 11. The van der Waals surface area contributed by atoms with Crippen LogP contribution in [0, 0.1) is 11.8 Å². The van der Waals surface area contributed by atoms with E-state index in [1.165, 1.54) is 70.6 Å². The number of anilines is 5. The molecule has 0 atom stereocenters. The number of piperidine rings is 1. The number of carbonyl (C=O) groups is 2. The number of pyridine rings is 2. The SMILES string of the molecule is CC(C)(C)OC(=O)NCC1CCCCC1.CC(C)(C)OC(=O)NCC1CCN(c2ccc(Nc3ncc4c5ccncc5n(C5CCCC5)c4n3)nn2)CC1.Clc1ccc(Nc2ncc3c4ccncc4n(C4CCCC4)c3n2)nn1. The van der Waals surface area contributed by atoms with E-state index >= 15 is 0 Å². The van der Waals surface area contributed by atoms with Gasteiger partial charge in [-0.1, -0.05) is 56.5 Å². The van der Waals surface area contributed by atoms with Crippen LogP contribution >= 0.6 is 11.6 Å². The number of carbonyl (C=O) groups excluding carboxylic acids is 2. The van der Waals surface area contributed by atoms with Gasteiger partial charge in [-0.25, -0.2) is 19.6 Å².